The lowest BCUT2D eigenvalue weighted by Gasteiger charge is -2.26. The molecular weight excluding hydrogens is 390 g/mol. The standard InChI is InChI=1S/C25H31N3O3/c1-6-28(7-2)17(3)24(29)26-16-22-23(18-11-9-8-10-12-18)21-15-19(31-5)13-14-20(21)25(30)27(22)4/h8-15,17H,6-7,16H2,1-5H3,(H,26,29). The average Bonchev–Trinajstić information content (AvgIpc) is 2.81. The second-order valence-electron chi connectivity index (χ2n) is 7.58. The number of amides is 1. The number of methoxy groups -OCH3 is 1. The lowest BCUT2D eigenvalue weighted by Crippen LogP contribution is -2.45. The fourth-order valence-corrected chi connectivity index (χ4v) is 4.06. The van der Waals surface area contributed by atoms with E-state index in [1.54, 1.807) is 30.9 Å². The van der Waals surface area contributed by atoms with Crippen LogP contribution in [0.5, 0.6) is 5.75 Å². The smallest absolute Gasteiger partial charge is 0.258 e. The van der Waals surface area contributed by atoms with E-state index in [0.29, 0.717) is 11.1 Å². The molecule has 0 bridgehead atoms. The summed E-state index contributed by atoms with van der Waals surface area (Å²) in [6.07, 6.45) is 0. The first kappa shape index (κ1) is 22.6. The molecule has 1 atom stereocenters. The summed E-state index contributed by atoms with van der Waals surface area (Å²) in [7, 11) is 3.37. The van der Waals surface area contributed by atoms with Crippen molar-refractivity contribution < 1.29 is 9.53 Å². The highest BCUT2D eigenvalue weighted by Gasteiger charge is 2.21. The van der Waals surface area contributed by atoms with Crippen molar-refractivity contribution >= 4 is 16.7 Å². The number of fused-ring (bicyclic) bond motifs is 1. The summed E-state index contributed by atoms with van der Waals surface area (Å²) < 4.78 is 7.06. The molecule has 0 saturated heterocycles. The number of carbonyl (C=O) groups is 1. The molecule has 6 heteroatoms. The van der Waals surface area contributed by atoms with Gasteiger partial charge >= 0.3 is 0 Å². The summed E-state index contributed by atoms with van der Waals surface area (Å²) in [6.45, 7) is 7.85. The predicted octanol–water partition coefficient (Wildman–Crippen LogP) is 3.56. The summed E-state index contributed by atoms with van der Waals surface area (Å²) in [4.78, 5) is 28.0. The number of nitrogens with zero attached hydrogens (tertiary/aromatic N) is 2. The molecule has 3 aromatic rings. The van der Waals surface area contributed by atoms with Crippen molar-refractivity contribution in [2.24, 2.45) is 7.05 Å². The quantitative estimate of drug-likeness (QED) is 0.604. The number of rotatable bonds is 8. The highest BCUT2D eigenvalue weighted by molar-refractivity contribution is 5.98. The van der Waals surface area contributed by atoms with Crippen LogP contribution in [-0.4, -0.2) is 41.6 Å². The van der Waals surface area contributed by atoms with Gasteiger partial charge in [-0.15, -0.1) is 0 Å². The van der Waals surface area contributed by atoms with Gasteiger partial charge < -0.3 is 14.6 Å². The molecule has 0 spiro atoms. The van der Waals surface area contributed by atoms with E-state index in [1.807, 2.05) is 57.2 Å². The molecule has 1 amide bonds. The van der Waals surface area contributed by atoms with Crippen LogP contribution in [0.25, 0.3) is 21.9 Å². The zero-order valence-electron chi connectivity index (χ0n) is 18.9. The van der Waals surface area contributed by atoms with Gasteiger partial charge in [0.1, 0.15) is 5.75 Å². The SMILES string of the molecule is CCN(CC)C(C)C(=O)NCc1c(-c2ccccc2)c2cc(OC)ccc2c(=O)n1C. The molecule has 1 heterocycles. The van der Waals surface area contributed by atoms with E-state index in [1.165, 1.54) is 0 Å². The molecule has 3 rings (SSSR count). The van der Waals surface area contributed by atoms with Crippen molar-refractivity contribution in [3.63, 3.8) is 0 Å². The van der Waals surface area contributed by atoms with Crippen LogP contribution < -0.4 is 15.6 Å². The molecule has 2 aromatic carbocycles. The van der Waals surface area contributed by atoms with Crippen LogP contribution in [-0.2, 0) is 18.4 Å². The lowest BCUT2D eigenvalue weighted by atomic mass is 9.96. The largest absolute Gasteiger partial charge is 0.497 e. The summed E-state index contributed by atoms with van der Waals surface area (Å²) in [5.41, 5.74) is 2.57. The van der Waals surface area contributed by atoms with Gasteiger partial charge in [-0.1, -0.05) is 44.2 Å². The van der Waals surface area contributed by atoms with E-state index >= 15 is 0 Å². The molecule has 0 aliphatic heterocycles. The van der Waals surface area contributed by atoms with Crippen molar-refractivity contribution in [2.75, 3.05) is 20.2 Å². The van der Waals surface area contributed by atoms with Gasteiger partial charge in [-0.25, -0.2) is 0 Å². The topological polar surface area (TPSA) is 63.6 Å². The Morgan fingerprint density at radius 2 is 1.77 bits per heavy atom. The van der Waals surface area contributed by atoms with Gasteiger partial charge in [0.2, 0.25) is 5.91 Å². The Hall–Kier alpha value is -3.12. The second kappa shape index (κ2) is 9.79. The summed E-state index contributed by atoms with van der Waals surface area (Å²) in [6, 6.07) is 15.2. The third kappa shape index (κ3) is 4.49. The van der Waals surface area contributed by atoms with E-state index in [0.717, 1.165) is 35.3 Å². The Kier molecular flexibility index (Phi) is 7.13. The van der Waals surface area contributed by atoms with Crippen molar-refractivity contribution in [2.45, 2.75) is 33.4 Å². The minimum atomic E-state index is -0.243. The zero-order valence-corrected chi connectivity index (χ0v) is 18.9. The van der Waals surface area contributed by atoms with E-state index in [2.05, 4.69) is 10.2 Å². The maximum atomic E-state index is 13.1. The molecule has 164 valence electrons. The molecule has 31 heavy (non-hydrogen) atoms. The Balaban J connectivity index is 2.13. The number of hydrogen-bond acceptors (Lipinski definition) is 4. The first-order valence-corrected chi connectivity index (χ1v) is 10.7. The Morgan fingerprint density at radius 1 is 1.10 bits per heavy atom. The van der Waals surface area contributed by atoms with Crippen LogP contribution in [0.3, 0.4) is 0 Å². The maximum Gasteiger partial charge on any atom is 0.258 e. The van der Waals surface area contributed by atoms with Gasteiger partial charge in [0.25, 0.3) is 5.56 Å². The van der Waals surface area contributed by atoms with Crippen LogP contribution in [0.4, 0.5) is 0 Å². The van der Waals surface area contributed by atoms with Crippen molar-refractivity contribution in [3.05, 3.63) is 64.6 Å². The van der Waals surface area contributed by atoms with Gasteiger partial charge in [0.15, 0.2) is 0 Å². The van der Waals surface area contributed by atoms with Crippen LogP contribution in [0, 0.1) is 0 Å². The Labute approximate surface area is 183 Å². The predicted molar refractivity (Wildman–Crippen MR) is 125 cm³/mol. The van der Waals surface area contributed by atoms with Crippen LogP contribution in [0.1, 0.15) is 26.5 Å². The van der Waals surface area contributed by atoms with Gasteiger partial charge in [-0.05, 0) is 43.8 Å². The number of aromatic nitrogens is 1. The van der Waals surface area contributed by atoms with Gasteiger partial charge in [0, 0.05) is 29.1 Å². The minimum absolute atomic E-state index is 0.0547. The minimum Gasteiger partial charge on any atom is -0.497 e. The van der Waals surface area contributed by atoms with Crippen LogP contribution in [0.15, 0.2) is 53.3 Å². The maximum absolute atomic E-state index is 13.1. The van der Waals surface area contributed by atoms with Gasteiger partial charge in [-0.2, -0.15) is 0 Å². The number of nitrogens with one attached hydrogen (secondary N) is 1. The molecule has 0 fully saturated rings. The van der Waals surface area contributed by atoms with Crippen molar-refractivity contribution in [1.82, 2.24) is 14.8 Å². The number of pyridine rings is 1. The number of carbonyl (C=O) groups excluding carboxylic acids is 1. The molecular formula is C25H31N3O3. The van der Waals surface area contributed by atoms with Crippen LogP contribution >= 0.6 is 0 Å². The zero-order chi connectivity index (χ0) is 22.5. The van der Waals surface area contributed by atoms with E-state index in [9.17, 15) is 9.59 Å². The molecule has 1 unspecified atom stereocenters. The molecule has 0 radical (unpaired) electrons. The highest BCUT2D eigenvalue weighted by atomic mass is 16.5. The fraction of sp³-hybridized carbons (Fsp3) is 0.360. The van der Waals surface area contributed by atoms with Crippen molar-refractivity contribution in [3.8, 4) is 16.9 Å². The molecule has 0 aliphatic rings. The Morgan fingerprint density at radius 3 is 2.39 bits per heavy atom. The number of likely N-dealkylation sites (N-methyl/N-ethyl adjacent to an activating group) is 1. The van der Waals surface area contributed by atoms with Crippen molar-refractivity contribution in [1.29, 1.82) is 0 Å². The monoisotopic (exact) mass is 421 g/mol. The summed E-state index contributed by atoms with van der Waals surface area (Å²) in [5.74, 6) is 0.629. The first-order chi connectivity index (χ1) is 14.9. The van der Waals surface area contributed by atoms with Gasteiger partial charge in [0.05, 0.1) is 19.7 Å². The number of hydrogen-bond donors (Lipinski definition) is 1. The van der Waals surface area contributed by atoms with Crippen LogP contribution in [0.2, 0.25) is 0 Å². The normalized spacial score (nSPS) is 12.2. The van der Waals surface area contributed by atoms with E-state index in [-0.39, 0.29) is 24.1 Å². The molecule has 6 nitrogen and oxygen atoms in total. The molecule has 0 aliphatic carbocycles. The van der Waals surface area contributed by atoms with E-state index < -0.39 is 0 Å². The lowest BCUT2D eigenvalue weighted by molar-refractivity contribution is -0.126. The third-order valence-corrected chi connectivity index (χ3v) is 5.96. The number of ether oxygens (including phenoxy) is 1. The van der Waals surface area contributed by atoms with Gasteiger partial charge in [-0.3, -0.25) is 14.5 Å². The number of benzene rings is 2. The third-order valence-electron chi connectivity index (χ3n) is 5.96. The average molecular weight is 422 g/mol. The van der Waals surface area contributed by atoms with E-state index in [4.69, 9.17) is 4.74 Å². The highest BCUT2D eigenvalue weighted by Crippen LogP contribution is 2.32. The molecule has 1 N–H and O–H groups in total. The fourth-order valence-electron chi connectivity index (χ4n) is 4.06. The summed E-state index contributed by atoms with van der Waals surface area (Å²) in [5, 5.41) is 4.48. The first-order valence-electron chi connectivity index (χ1n) is 10.7. The summed E-state index contributed by atoms with van der Waals surface area (Å²) >= 11 is 0. The molecule has 1 aromatic heterocycles. The Bertz CT molecular complexity index is 1120. The second-order valence-corrected chi connectivity index (χ2v) is 7.58. The molecule has 0 saturated carbocycles.